The molecule has 2 N–H and O–H groups in total. The predicted octanol–water partition coefficient (Wildman–Crippen LogP) is 2.80. The number of likely N-dealkylation sites (tertiary alicyclic amines) is 2. The number of hydrogen-bond acceptors (Lipinski definition) is 5. The van der Waals surface area contributed by atoms with E-state index in [2.05, 4.69) is 10.2 Å². The Kier molecular flexibility index (Phi) is 6.44. The third-order valence-electron chi connectivity index (χ3n) is 5.10. The maximum atomic E-state index is 12.5. The Balaban J connectivity index is 2.12. The smallest absolute Gasteiger partial charge is 0.410 e. The number of carboxylic acid groups (broad SMARTS) is 1. The van der Waals surface area contributed by atoms with Crippen LogP contribution >= 0.6 is 0 Å². The van der Waals surface area contributed by atoms with Crippen molar-refractivity contribution < 1.29 is 19.4 Å². The Morgan fingerprint density at radius 1 is 1.19 bits per heavy atom. The molecule has 2 saturated heterocycles. The fourth-order valence-electron chi connectivity index (χ4n) is 3.88. The minimum absolute atomic E-state index is 0.176. The number of nitrogens with zero attached hydrogens (tertiary/aromatic N) is 2. The van der Waals surface area contributed by atoms with E-state index >= 15 is 0 Å². The van der Waals surface area contributed by atoms with Crippen LogP contribution in [0.3, 0.4) is 0 Å². The molecule has 2 heterocycles. The Labute approximate surface area is 162 Å². The lowest BCUT2D eigenvalue weighted by Crippen LogP contribution is -2.48. The van der Waals surface area contributed by atoms with Gasteiger partial charge in [0.2, 0.25) is 0 Å². The maximum absolute atomic E-state index is 12.5. The zero-order chi connectivity index (χ0) is 20.4. The molecule has 2 atom stereocenters. The topological polar surface area (TPSA) is 82.1 Å². The summed E-state index contributed by atoms with van der Waals surface area (Å²) in [4.78, 5) is 28.0. The first-order chi connectivity index (χ1) is 12.5. The molecule has 2 fully saturated rings. The molecule has 2 aliphatic rings. The fourth-order valence-corrected chi connectivity index (χ4v) is 3.88. The lowest BCUT2D eigenvalue weighted by atomic mass is 9.92. The molecule has 7 heteroatoms. The first kappa shape index (κ1) is 21.1. The SMILES string of the molecule is CN/C(=C\C(=C(C)C)N1CCC2C(CCN2C(=O)OC(C)(C)C)C1)C(=O)O. The standard InChI is InChI=1S/C20H33N3O4/c1-13(2)17(11-15(21-6)18(24)25)22-9-8-16-14(12-22)7-10-23(16)19(26)27-20(3,4)5/h11,14,16,21H,7-10,12H2,1-6H3,(H,24,25)/b15-11-. The van der Waals surface area contributed by atoms with Gasteiger partial charge in [-0.1, -0.05) is 5.57 Å². The van der Waals surface area contributed by atoms with Crippen molar-refractivity contribution in [2.75, 3.05) is 26.7 Å². The summed E-state index contributed by atoms with van der Waals surface area (Å²) in [7, 11) is 1.62. The van der Waals surface area contributed by atoms with Gasteiger partial charge in [-0.15, -0.1) is 0 Å². The maximum Gasteiger partial charge on any atom is 0.410 e. The van der Waals surface area contributed by atoms with Gasteiger partial charge in [0.15, 0.2) is 0 Å². The summed E-state index contributed by atoms with van der Waals surface area (Å²) in [6.07, 6.45) is 3.28. The molecule has 152 valence electrons. The van der Waals surface area contributed by atoms with E-state index in [1.807, 2.05) is 39.5 Å². The van der Waals surface area contributed by atoms with Gasteiger partial charge < -0.3 is 25.0 Å². The summed E-state index contributed by atoms with van der Waals surface area (Å²) in [5.74, 6) is -0.597. The third kappa shape index (κ3) is 5.17. The third-order valence-corrected chi connectivity index (χ3v) is 5.10. The van der Waals surface area contributed by atoms with Crippen LogP contribution in [0, 0.1) is 5.92 Å². The van der Waals surface area contributed by atoms with Crippen LogP contribution in [0.5, 0.6) is 0 Å². The number of rotatable bonds is 4. The number of carboxylic acids is 1. The van der Waals surface area contributed by atoms with Crippen LogP contribution < -0.4 is 5.32 Å². The molecule has 0 aromatic rings. The van der Waals surface area contributed by atoms with Crippen LogP contribution in [0.1, 0.15) is 47.5 Å². The van der Waals surface area contributed by atoms with Crippen LogP contribution in [0.4, 0.5) is 4.79 Å². The van der Waals surface area contributed by atoms with Crippen molar-refractivity contribution in [3.8, 4) is 0 Å². The molecule has 2 aliphatic heterocycles. The largest absolute Gasteiger partial charge is 0.477 e. The van der Waals surface area contributed by atoms with Crippen LogP contribution in [0.25, 0.3) is 0 Å². The van der Waals surface area contributed by atoms with Crippen LogP contribution in [0.2, 0.25) is 0 Å². The number of likely N-dealkylation sites (N-methyl/N-ethyl adjacent to an activating group) is 1. The van der Waals surface area contributed by atoms with Crippen molar-refractivity contribution in [3.63, 3.8) is 0 Å². The number of fused-ring (bicyclic) bond motifs is 1. The van der Waals surface area contributed by atoms with E-state index in [-0.39, 0.29) is 17.8 Å². The van der Waals surface area contributed by atoms with Crippen molar-refractivity contribution in [1.29, 1.82) is 0 Å². The van der Waals surface area contributed by atoms with Gasteiger partial charge in [0.05, 0.1) is 0 Å². The highest BCUT2D eigenvalue weighted by molar-refractivity contribution is 5.86. The Bertz CT molecular complexity index is 644. The number of carbonyl (C=O) groups is 2. The molecular weight excluding hydrogens is 346 g/mol. The van der Waals surface area contributed by atoms with Crippen molar-refractivity contribution in [2.45, 2.75) is 59.1 Å². The van der Waals surface area contributed by atoms with E-state index in [0.717, 1.165) is 43.7 Å². The van der Waals surface area contributed by atoms with Gasteiger partial charge in [0.25, 0.3) is 0 Å². The number of amides is 1. The molecular formula is C20H33N3O4. The predicted molar refractivity (Wildman–Crippen MR) is 104 cm³/mol. The molecule has 7 nitrogen and oxygen atoms in total. The van der Waals surface area contributed by atoms with E-state index < -0.39 is 11.6 Å². The summed E-state index contributed by atoms with van der Waals surface area (Å²) in [6, 6.07) is 0.196. The second-order valence-corrected chi connectivity index (χ2v) is 8.52. The molecule has 0 aromatic heterocycles. The molecule has 0 spiro atoms. The lowest BCUT2D eigenvalue weighted by Gasteiger charge is -2.40. The highest BCUT2D eigenvalue weighted by Crippen LogP contribution is 2.34. The zero-order valence-electron chi connectivity index (χ0n) is 17.3. The van der Waals surface area contributed by atoms with Gasteiger partial charge >= 0.3 is 12.1 Å². The molecule has 2 unspecified atom stereocenters. The molecule has 0 radical (unpaired) electrons. The van der Waals surface area contributed by atoms with Gasteiger partial charge in [-0.2, -0.15) is 0 Å². The van der Waals surface area contributed by atoms with Crippen molar-refractivity contribution in [2.24, 2.45) is 5.92 Å². The van der Waals surface area contributed by atoms with Gasteiger partial charge in [0, 0.05) is 38.4 Å². The van der Waals surface area contributed by atoms with Gasteiger partial charge in [-0.05, 0) is 59.5 Å². The van der Waals surface area contributed by atoms with Crippen molar-refractivity contribution in [1.82, 2.24) is 15.1 Å². The number of allylic oxidation sites excluding steroid dienone is 2. The summed E-state index contributed by atoms with van der Waals surface area (Å²) < 4.78 is 5.56. The number of nitrogens with one attached hydrogen (secondary N) is 1. The highest BCUT2D eigenvalue weighted by atomic mass is 16.6. The molecule has 0 aliphatic carbocycles. The van der Waals surface area contributed by atoms with Crippen LogP contribution in [-0.2, 0) is 9.53 Å². The average Bonchev–Trinajstić information content (AvgIpc) is 2.96. The lowest BCUT2D eigenvalue weighted by molar-refractivity contribution is -0.133. The number of aliphatic carboxylic acids is 1. The molecule has 0 bridgehead atoms. The Hall–Kier alpha value is -2.18. The first-order valence-electron chi connectivity index (χ1n) is 9.58. The molecule has 0 aromatic carbocycles. The molecule has 27 heavy (non-hydrogen) atoms. The summed E-state index contributed by atoms with van der Waals surface area (Å²) >= 11 is 0. The average molecular weight is 380 g/mol. The second-order valence-electron chi connectivity index (χ2n) is 8.52. The number of ether oxygens (including phenoxy) is 1. The van der Waals surface area contributed by atoms with Crippen LogP contribution in [-0.4, -0.2) is 65.3 Å². The minimum atomic E-state index is -0.969. The summed E-state index contributed by atoms with van der Waals surface area (Å²) in [5.41, 5.74) is 1.70. The van der Waals surface area contributed by atoms with E-state index in [4.69, 9.17) is 4.74 Å². The Morgan fingerprint density at radius 3 is 2.37 bits per heavy atom. The van der Waals surface area contributed by atoms with E-state index in [0.29, 0.717) is 5.92 Å². The molecule has 1 amide bonds. The normalized spacial score (nSPS) is 23.0. The first-order valence-corrected chi connectivity index (χ1v) is 9.58. The van der Waals surface area contributed by atoms with Gasteiger partial charge in [-0.25, -0.2) is 9.59 Å². The fraction of sp³-hybridized carbons (Fsp3) is 0.700. The number of piperidine rings is 1. The van der Waals surface area contributed by atoms with Crippen molar-refractivity contribution >= 4 is 12.1 Å². The number of carbonyl (C=O) groups excluding carboxylic acids is 1. The minimum Gasteiger partial charge on any atom is -0.477 e. The van der Waals surface area contributed by atoms with Gasteiger partial charge in [0.1, 0.15) is 11.3 Å². The molecule has 2 rings (SSSR count). The monoisotopic (exact) mass is 379 g/mol. The van der Waals surface area contributed by atoms with Gasteiger partial charge in [-0.3, -0.25) is 0 Å². The molecule has 0 saturated carbocycles. The number of hydrogen-bond donors (Lipinski definition) is 2. The zero-order valence-corrected chi connectivity index (χ0v) is 17.3. The quantitative estimate of drug-likeness (QED) is 0.577. The van der Waals surface area contributed by atoms with E-state index in [1.165, 1.54) is 0 Å². The van der Waals surface area contributed by atoms with E-state index in [1.54, 1.807) is 13.1 Å². The van der Waals surface area contributed by atoms with E-state index in [9.17, 15) is 14.7 Å². The Morgan fingerprint density at radius 2 is 1.85 bits per heavy atom. The second kappa shape index (κ2) is 8.23. The summed E-state index contributed by atoms with van der Waals surface area (Å²) in [5, 5.41) is 12.1. The van der Waals surface area contributed by atoms with Crippen LogP contribution in [0.15, 0.2) is 23.0 Å². The highest BCUT2D eigenvalue weighted by Gasteiger charge is 2.42. The van der Waals surface area contributed by atoms with Crippen molar-refractivity contribution in [3.05, 3.63) is 23.0 Å². The summed E-state index contributed by atoms with van der Waals surface area (Å²) in [6.45, 7) is 12.0.